The van der Waals surface area contributed by atoms with Gasteiger partial charge in [0.05, 0.1) is 0 Å². The number of nitrogens with zero attached hydrogens (tertiary/aromatic N) is 4. The number of amides is 2. The van der Waals surface area contributed by atoms with Crippen LogP contribution in [0, 0.1) is 6.92 Å². The van der Waals surface area contributed by atoms with E-state index in [1.807, 2.05) is 35.2 Å². The van der Waals surface area contributed by atoms with Crippen molar-refractivity contribution in [2.75, 3.05) is 36.4 Å². The lowest BCUT2D eigenvalue weighted by Gasteiger charge is -2.37. The maximum Gasteiger partial charge on any atom is 0.321 e. The first-order valence-electron chi connectivity index (χ1n) is 10.9. The zero-order valence-electron chi connectivity index (χ0n) is 18.7. The van der Waals surface area contributed by atoms with E-state index in [1.165, 1.54) is 5.56 Å². The van der Waals surface area contributed by atoms with Crippen LogP contribution >= 0.6 is 11.6 Å². The molecule has 0 bridgehead atoms. The first kappa shape index (κ1) is 22.1. The second-order valence-corrected chi connectivity index (χ2v) is 8.74. The molecule has 1 aliphatic heterocycles. The van der Waals surface area contributed by atoms with Crippen molar-refractivity contribution >= 4 is 29.1 Å². The molecule has 0 atom stereocenters. The molecule has 0 radical (unpaired) electrons. The van der Waals surface area contributed by atoms with Crippen LogP contribution < -0.4 is 10.2 Å². The molecule has 1 aromatic heterocycles. The topological polar surface area (TPSA) is 61.4 Å². The van der Waals surface area contributed by atoms with Crippen molar-refractivity contribution in [1.29, 1.82) is 0 Å². The maximum absolute atomic E-state index is 12.7. The summed E-state index contributed by atoms with van der Waals surface area (Å²) in [5.41, 5.74) is 3.92. The summed E-state index contributed by atoms with van der Waals surface area (Å²) in [6.45, 7) is 9.10. The summed E-state index contributed by atoms with van der Waals surface area (Å²) in [6, 6.07) is 17.1. The molecule has 4 rings (SSSR count). The fourth-order valence-electron chi connectivity index (χ4n) is 4.06. The predicted octanol–water partition coefficient (Wildman–Crippen LogP) is 5.58. The molecule has 0 unspecified atom stereocenters. The molecule has 0 aliphatic carbocycles. The number of urea groups is 1. The number of halogens is 1. The number of nitrogens with one attached hydrogen (secondary N) is 1. The molecule has 0 spiro atoms. The van der Waals surface area contributed by atoms with Gasteiger partial charge in [0.2, 0.25) is 0 Å². The van der Waals surface area contributed by atoms with Crippen molar-refractivity contribution in [2.45, 2.75) is 26.7 Å². The summed E-state index contributed by atoms with van der Waals surface area (Å²) in [6.07, 6.45) is 0. The Morgan fingerprint density at radius 2 is 1.62 bits per heavy atom. The molecule has 1 N–H and O–H groups in total. The van der Waals surface area contributed by atoms with Gasteiger partial charge >= 0.3 is 6.03 Å². The highest BCUT2D eigenvalue weighted by molar-refractivity contribution is 6.30. The number of carbonyl (C=O) groups excluding carboxylic acids is 1. The van der Waals surface area contributed by atoms with Crippen LogP contribution in [0.4, 0.5) is 16.3 Å². The van der Waals surface area contributed by atoms with Gasteiger partial charge in [-0.2, -0.15) is 0 Å². The van der Waals surface area contributed by atoms with Gasteiger partial charge in [-0.25, -0.2) is 14.8 Å². The number of aromatic nitrogens is 2. The number of hydrogen-bond donors (Lipinski definition) is 1. The van der Waals surface area contributed by atoms with Gasteiger partial charge < -0.3 is 15.1 Å². The van der Waals surface area contributed by atoms with Crippen molar-refractivity contribution < 1.29 is 4.79 Å². The average Bonchev–Trinajstić information content (AvgIpc) is 2.80. The molecule has 1 aliphatic rings. The Labute approximate surface area is 194 Å². The van der Waals surface area contributed by atoms with Gasteiger partial charge in [-0.3, -0.25) is 0 Å². The Kier molecular flexibility index (Phi) is 6.61. The normalized spacial score (nSPS) is 14.0. The van der Waals surface area contributed by atoms with Crippen molar-refractivity contribution in [3.05, 3.63) is 70.9 Å². The zero-order chi connectivity index (χ0) is 22.7. The van der Waals surface area contributed by atoms with Crippen LogP contribution in [0.25, 0.3) is 11.4 Å². The SMILES string of the molecule is Cc1nc(-c2ccccc2)nc(N2CCN(C(=O)Nc3ccc(Cl)cc3)CC2)c1C(C)C. The van der Waals surface area contributed by atoms with E-state index in [0.29, 0.717) is 24.0 Å². The van der Waals surface area contributed by atoms with Crippen LogP contribution in [0.5, 0.6) is 0 Å². The number of carbonyl (C=O) groups is 1. The van der Waals surface area contributed by atoms with E-state index < -0.39 is 0 Å². The van der Waals surface area contributed by atoms with Gasteiger partial charge in [0.25, 0.3) is 0 Å². The number of rotatable bonds is 4. The highest BCUT2D eigenvalue weighted by atomic mass is 35.5. The smallest absolute Gasteiger partial charge is 0.321 e. The van der Waals surface area contributed by atoms with E-state index in [1.54, 1.807) is 24.3 Å². The van der Waals surface area contributed by atoms with Gasteiger partial charge in [0.15, 0.2) is 5.82 Å². The van der Waals surface area contributed by atoms with E-state index in [4.69, 9.17) is 21.6 Å². The van der Waals surface area contributed by atoms with Gasteiger partial charge in [-0.15, -0.1) is 0 Å². The van der Waals surface area contributed by atoms with Crippen LogP contribution in [-0.2, 0) is 0 Å². The van der Waals surface area contributed by atoms with E-state index in [-0.39, 0.29) is 6.03 Å². The first-order chi connectivity index (χ1) is 15.4. The van der Waals surface area contributed by atoms with Crippen LogP contribution in [-0.4, -0.2) is 47.1 Å². The fourth-order valence-corrected chi connectivity index (χ4v) is 4.18. The molecular weight excluding hydrogens is 422 g/mol. The van der Waals surface area contributed by atoms with Crippen LogP contribution in [0.3, 0.4) is 0 Å². The monoisotopic (exact) mass is 449 g/mol. The first-order valence-corrected chi connectivity index (χ1v) is 11.3. The van der Waals surface area contributed by atoms with Crippen molar-refractivity contribution in [3.63, 3.8) is 0 Å². The molecule has 2 amide bonds. The standard InChI is InChI=1S/C25H28ClN5O/c1-17(2)22-18(3)27-23(19-7-5-4-6-8-19)29-24(22)30-13-15-31(16-14-30)25(32)28-21-11-9-20(26)10-12-21/h4-12,17H,13-16H2,1-3H3,(H,28,32). The Morgan fingerprint density at radius 1 is 0.969 bits per heavy atom. The molecule has 1 saturated heterocycles. The Bertz CT molecular complexity index is 1080. The van der Waals surface area contributed by atoms with Crippen molar-refractivity contribution in [3.8, 4) is 11.4 Å². The minimum absolute atomic E-state index is 0.0973. The highest BCUT2D eigenvalue weighted by Gasteiger charge is 2.26. The van der Waals surface area contributed by atoms with Crippen molar-refractivity contribution in [1.82, 2.24) is 14.9 Å². The highest BCUT2D eigenvalue weighted by Crippen LogP contribution is 2.31. The van der Waals surface area contributed by atoms with Gasteiger partial charge in [0, 0.05) is 53.7 Å². The van der Waals surface area contributed by atoms with Gasteiger partial charge in [-0.1, -0.05) is 55.8 Å². The van der Waals surface area contributed by atoms with Crippen LogP contribution in [0.15, 0.2) is 54.6 Å². The van der Waals surface area contributed by atoms with Crippen molar-refractivity contribution in [2.24, 2.45) is 0 Å². The summed E-state index contributed by atoms with van der Waals surface area (Å²) >= 11 is 5.93. The molecule has 2 heterocycles. The van der Waals surface area contributed by atoms with E-state index in [0.717, 1.165) is 41.7 Å². The molecule has 166 valence electrons. The van der Waals surface area contributed by atoms with E-state index >= 15 is 0 Å². The third kappa shape index (κ3) is 4.86. The molecule has 7 heteroatoms. The molecule has 1 fully saturated rings. The summed E-state index contributed by atoms with van der Waals surface area (Å²) in [7, 11) is 0. The average molecular weight is 450 g/mol. The summed E-state index contributed by atoms with van der Waals surface area (Å²) < 4.78 is 0. The number of anilines is 2. The van der Waals surface area contributed by atoms with Gasteiger partial charge in [0.1, 0.15) is 5.82 Å². The Balaban J connectivity index is 1.51. The Morgan fingerprint density at radius 3 is 2.25 bits per heavy atom. The molecule has 2 aromatic carbocycles. The summed E-state index contributed by atoms with van der Waals surface area (Å²) in [4.78, 5) is 26.6. The molecule has 0 saturated carbocycles. The largest absolute Gasteiger partial charge is 0.353 e. The third-order valence-electron chi connectivity index (χ3n) is 5.69. The quantitative estimate of drug-likeness (QED) is 0.564. The second kappa shape index (κ2) is 9.57. The molecule has 32 heavy (non-hydrogen) atoms. The minimum atomic E-state index is -0.0973. The van der Waals surface area contributed by atoms with E-state index in [2.05, 4.69) is 31.0 Å². The Hall–Kier alpha value is -3.12. The number of aryl methyl sites for hydroxylation is 1. The summed E-state index contributed by atoms with van der Waals surface area (Å²) in [5.74, 6) is 2.02. The predicted molar refractivity (Wildman–Crippen MR) is 131 cm³/mol. The molecule has 6 nitrogen and oxygen atoms in total. The lowest BCUT2D eigenvalue weighted by Crippen LogP contribution is -2.50. The maximum atomic E-state index is 12.7. The number of hydrogen-bond acceptors (Lipinski definition) is 4. The third-order valence-corrected chi connectivity index (χ3v) is 5.94. The summed E-state index contributed by atoms with van der Waals surface area (Å²) in [5, 5.41) is 3.59. The number of benzene rings is 2. The zero-order valence-corrected chi connectivity index (χ0v) is 19.4. The van der Waals surface area contributed by atoms with Crippen LogP contribution in [0.1, 0.15) is 31.0 Å². The number of piperazine rings is 1. The lowest BCUT2D eigenvalue weighted by molar-refractivity contribution is 0.208. The fraction of sp³-hybridized carbons (Fsp3) is 0.320. The molecule has 3 aromatic rings. The van der Waals surface area contributed by atoms with E-state index in [9.17, 15) is 4.79 Å². The van der Waals surface area contributed by atoms with Crippen LogP contribution in [0.2, 0.25) is 5.02 Å². The molecular formula is C25H28ClN5O. The van der Waals surface area contributed by atoms with Gasteiger partial charge in [-0.05, 0) is 37.1 Å². The second-order valence-electron chi connectivity index (χ2n) is 8.30. The lowest BCUT2D eigenvalue weighted by atomic mass is 10.0. The minimum Gasteiger partial charge on any atom is -0.353 e.